The van der Waals surface area contributed by atoms with Crippen molar-refractivity contribution < 1.29 is 4.79 Å². The summed E-state index contributed by atoms with van der Waals surface area (Å²) < 4.78 is 1.73. The molecule has 0 aliphatic heterocycles. The van der Waals surface area contributed by atoms with E-state index in [0.717, 1.165) is 16.7 Å². The van der Waals surface area contributed by atoms with E-state index in [9.17, 15) is 4.79 Å². The molecule has 1 heterocycles. The molecule has 24 heavy (non-hydrogen) atoms. The highest BCUT2D eigenvalue weighted by Gasteiger charge is 2.13. The Morgan fingerprint density at radius 1 is 1.17 bits per heavy atom. The van der Waals surface area contributed by atoms with E-state index in [1.54, 1.807) is 10.9 Å². The summed E-state index contributed by atoms with van der Waals surface area (Å²) in [6.45, 7) is 4.03. The first kappa shape index (κ1) is 16.0. The second-order valence-electron chi connectivity index (χ2n) is 6.04. The molecule has 1 N–H and O–H groups in total. The van der Waals surface area contributed by atoms with Crippen LogP contribution < -0.4 is 5.32 Å². The second kappa shape index (κ2) is 6.71. The van der Waals surface area contributed by atoms with Crippen LogP contribution in [0.25, 0.3) is 11.1 Å². The van der Waals surface area contributed by atoms with Crippen LogP contribution in [-0.4, -0.2) is 15.7 Å². The molecule has 0 fully saturated rings. The minimum Gasteiger partial charge on any atom is -0.345 e. The predicted molar refractivity (Wildman–Crippen MR) is 95.7 cm³/mol. The summed E-state index contributed by atoms with van der Waals surface area (Å²) in [6, 6.07) is 15.8. The highest BCUT2D eigenvalue weighted by molar-refractivity contribution is 5.95. The molecular formula is C20H21N3O. The van der Waals surface area contributed by atoms with Gasteiger partial charge < -0.3 is 5.32 Å². The van der Waals surface area contributed by atoms with Crippen molar-refractivity contribution in [3.05, 3.63) is 77.6 Å². The van der Waals surface area contributed by atoms with Gasteiger partial charge in [0.15, 0.2) is 0 Å². The third kappa shape index (κ3) is 3.38. The van der Waals surface area contributed by atoms with E-state index >= 15 is 0 Å². The zero-order chi connectivity index (χ0) is 17.1. The van der Waals surface area contributed by atoms with Crippen molar-refractivity contribution in [2.75, 3.05) is 0 Å². The standard InChI is InChI=1S/C20H21N3O/c1-14-7-4-5-10-19(14)16-8-6-9-17(11-16)20(24)22-15(2)18-12-21-23(3)13-18/h4-13,15H,1-3H3,(H,22,24)/t15-/m0/s1. The van der Waals surface area contributed by atoms with Crippen molar-refractivity contribution in [1.29, 1.82) is 0 Å². The minimum atomic E-state index is -0.0895. The number of rotatable bonds is 4. The Morgan fingerprint density at radius 3 is 2.67 bits per heavy atom. The van der Waals surface area contributed by atoms with Crippen LogP contribution in [0.5, 0.6) is 0 Å². The second-order valence-corrected chi connectivity index (χ2v) is 6.04. The fourth-order valence-corrected chi connectivity index (χ4v) is 2.75. The Labute approximate surface area is 142 Å². The Morgan fingerprint density at radius 2 is 1.96 bits per heavy atom. The summed E-state index contributed by atoms with van der Waals surface area (Å²) in [5.74, 6) is -0.0817. The quantitative estimate of drug-likeness (QED) is 0.793. The lowest BCUT2D eigenvalue weighted by molar-refractivity contribution is 0.0940. The van der Waals surface area contributed by atoms with E-state index in [-0.39, 0.29) is 11.9 Å². The molecule has 0 unspecified atom stereocenters. The van der Waals surface area contributed by atoms with E-state index < -0.39 is 0 Å². The average Bonchev–Trinajstić information content (AvgIpc) is 3.02. The summed E-state index contributed by atoms with van der Waals surface area (Å²) >= 11 is 0. The SMILES string of the molecule is Cc1ccccc1-c1cccc(C(=O)N[C@@H](C)c2cnn(C)c2)c1. The Kier molecular flexibility index (Phi) is 4.47. The zero-order valence-electron chi connectivity index (χ0n) is 14.2. The van der Waals surface area contributed by atoms with Gasteiger partial charge in [0.2, 0.25) is 0 Å². The number of aryl methyl sites for hydroxylation is 2. The van der Waals surface area contributed by atoms with Gasteiger partial charge in [0.25, 0.3) is 5.91 Å². The molecule has 2 aromatic carbocycles. The van der Waals surface area contributed by atoms with Crippen LogP contribution in [-0.2, 0) is 7.05 Å². The predicted octanol–water partition coefficient (Wildman–Crippen LogP) is 3.89. The number of hydrogen-bond acceptors (Lipinski definition) is 2. The first-order valence-corrected chi connectivity index (χ1v) is 8.00. The molecule has 1 atom stereocenters. The van der Waals surface area contributed by atoms with E-state index in [0.29, 0.717) is 5.56 Å². The van der Waals surface area contributed by atoms with Crippen molar-refractivity contribution in [3.63, 3.8) is 0 Å². The number of carbonyl (C=O) groups excluding carboxylic acids is 1. The molecule has 0 radical (unpaired) electrons. The largest absolute Gasteiger partial charge is 0.345 e. The van der Waals surface area contributed by atoms with Gasteiger partial charge in [-0.25, -0.2) is 0 Å². The third-order valence-electron chi connectivity index (χ3n) is 4.15. The van der Waals surface area contributed by atoms with Crippen LogP contribution in [0, 0.1) is 6.92 Å². The molecule has 122 valence electrons. The van der Waals surface area contributed by atoms with Gasteiger partial charge in [-0.3, -0.25) is 9.48 Å². The monoisotopic (exact) mass is 319 g/mol. The van der Waals surface area contributed by atoms with E-state index in [1.807, 2.05) is 56.6 Å². The van der Waals surface area contributed by atoms with Gasteiger partial charge in [0, 0.05) is 24.4 Å². The Hall–Kier alpha value is -2.88. The van der Waals surface area contributed by atoms with Crippen molar-refractivity contribution >= 4 is 5.91 Å². The maximum Gasteiger partial charge on any atom is 0.251 e. The maximum absolute atomic E-state index is 12.6. The number of amides is 1. The van der Waals surface area contributed by atoms with E-state index in [1.165, 1.54) is 5.56 Å². The molecule has 0 saturated heterocycles. The number of benzene rings is 2. The summed E-state index contributed by atoms with van der Waals surface area (Å²) in [5, 5.41) is 7.17. The van der Waals surface area contributed by atoms with E-state index in [2.05, 4.69) is 29.5 Å². The smallest absolute Gasteiger partial charge is 0.251 e. The number of hydrogen-bond donors (Lipinski definition) is 1. The van der Waals surface area contributed by atoms with Gasteiger partial charge in [0.05, 0.1) is 12.2 Å². The van der Waals surface area contributed by atoms with Crippen molar-refractivity contribution in [2.45, 2.75) is 19.9 Å². The van der Waals surface area contributed by atoms with Crippen LogP contribution in [0.2, 0.25) is 0 Å². The fourth-order valence-electron chi connectivity index (χ4n) is 2.75. The Bertz CT molecular complexity index is 867. The van der Waals surface area contributed by atoms with Crippen LogP contribution >= 0.6 is 0 Å². The molecule has 3 rings (SSSR count). The molecule has 0 saturated carbocycles. The number of carbonyl (C=O) groups is 1. The van der Waals surface area contributed by atoms with Crippen molar-refractivity contribution in [1.82, 2.24) is 15.1 Å². The Balaban J connectivity index is 1.81. The lowest BCUT2D eigenvalue weighted by Crippen LogP contribution is -2.26. The molecule has 1 amide bonds. The van der Waals surface area contributed by atoms with Gasteiger partial charge >= 0.3 is 0 Å². The zero-order valence-corrected chi connectivity index (χ0v) is 14.2. The number of aromatic nitrogens is 2. The maximum atomic E-state index is 12.6. The van der Waals surface area contributed by atoms with Gasteiger partial charge in [-0.05, 0) is 42.7 Å². The average molecular weight is 319 g/mol. The molecule has 0 aliphatic rings. The highest BCUT2D eigenvalue weighted by atomic mass is 16.1. The summed E-state index contributed by atoms with van der Waals surface area (Å²) in [7, 11) is 1.86. The summed E-state index contributed by atoms with van der Waals surface area (Å²) in [5.41, 5.74) is 5.04. The van der Waals surface area contributed by atoms with Crippen LogP contribution in [0.1, 0.15) is 34.5 Å². The molecule has 3 aromatic rings. The molecular weight excluding hydrogens is 298 g/mol. The molecule has 4 heteroatoms. The van der Waals surface area contributed by atoms with Gasteiger partial charge in [0.1, 0.15) is 0 Å². The molecule has 1 aromatic heterocycles. The summed E-state index contributed by atoms with van der Waals surface area (Å²) in [4.78, 5) is 12.6. The van der Waals surface area contributed by atoms with Gasteiger partial charge in [-0.2, -0.15) is 5.10 Å². The molecule has 4 nitrogen and oxygen atoms in total. The molecule has 0 aliphatic carbocycles. The molecule has 0 spiro atoms. The van der Waals surface area contributed by atoms with Gasteiger partial charge in [-0.1, -0.05) is 36.4 Å². The van der Waals surface area contributed by atoms with Crippen LogP contribution in [0.4, 0.5) is 0 Å². The fraction of sp³-hybridized carbons (Fsp3) is 0.200. The van der Waals surface area contributed by atoms with Crippen LogP contribution in [0.3, 0.4) is 0 Å². The lowest BCUT2D eigenvalue weighted by Gasteiger charge is -2.13. The lowest BCUT2D eigenvalue weighted by atomic mass is 9.98. The third-order valence-corrected chi connectivity index (χ3v) is 4.15. The highest BCUT2D eigenvalue weighted by Crippen LogP contribution is 2.24. The van der Waals surface area contributed by atoms with E-state index in [4.69, 9.17) is 0 Å². The first-order valence-electron chi connectivity index (χ1n) is 8.00. The topological polar surface area (TPSA) is 46.9 Å². The summed E-state index contributed by atoms with van der Waals surface area (Å²) in [6.07, 6.45) is 3.68. The molecule has 0 bridgehead atoms. The van der Waals surface area contributed by atoms with Crippen molar-refractivity contribution in [3.8, 4) is 11.1 Å². The number of nitrogens with zero attached hydrogens (tertiary/aromatic N) is 2. The van der Waals surface area contributed by atoms with Crippen LogP contribution in [0.15, 0.2) is 60.9 Å². The minimum absolute atomic E-state index is 0.0817. The van der Waals surface area contributed by atoms with Crippen molar-refractivity contribution in [2.24, 2.45) is 7.05 Å². The van der Waals surface area contributed by atoms with Gasteiger partial charge in [-0.15, -0.1) is 0 Å². The number of nitrogens with one attached hydrogen (secondary N) is 1. The first-order chi connectivity index (χ1) is 11.5. The normalized spacial score (nSPS) is 12.0.